The summed E-state index contributed by atoms with van der Waals surface area (Å²) in [5.41, 5.74) is 3.35. The molecule has 0 bridgehead atoms. The van der Waals surface area contributed by atoms with Crippen LogP contribution in [0.3, 0.4) is 0 Å². The third kappa shape index (κ3) is 4.14. The van der Waals surface area contributed by atoms with E-state index in [0.29, 0.717) is 6.54 Å². The molecule has 6 nitrogen and oxygen atoms in total. The van der Waals surface area contributed by atoms with Crippen LogP contribution in [0.15, 0.2) is 42.5 Å². The lowest BCUT2D eigenvalue weighted by molar-refractivity contribution is -0.122. The summed E-state index contributed by atoms with van der Waals surface area (Å²) in [5, 5.41) is 22.9. The van der Waals surface area contributed by atoms with E-state index in [2.05, 4.69) is 10.3 Å². The largest absolute Gasteiger partial charge is 0.507 e. The lowest BCUT2D eigenvalue weighted by Crippen LogP contribution is -2.23. The molecule has 4 rings (SSSR count). The van der Waals surface area contributed by atoms with Gasteiger partial charge in [-0.3, -0.25) is 4.79 Å². The monoisotopic (exact) mass is 408 g/mol. The summed E-state index contributed by atoms with van der Waals surface area (Å²) in [7, 11) is 0. The quantitative estimate of drug-likeness (QED) is 0.567. The van der Waals surface area contributed by atoms with Crippen molar-refractivity contribution in [2.45, 2.75) is 26.3 Å². The second kappa shape index (κ2) is 7.67. The maximum absolute atomic E-state index is 11.8. The van der Waals surface area contributed by atoms with Gasteiger partial charge in [0.25, 0.3) is 0 Å². The highest BCUT2D eigenvalue weighted by Crippen LogP contribution is 2.34. The van der Waals surface area contributed by atoms with E-state index < -0.39 is 5.97 Å². The van der Waals surface area contributed by atoms with E-state index >= 15 is 0 Å². The number of carboxylic acid groups (broad SMARTS) is 1. The molecule has 7 heteroatoms. The number of hydrogen-bond donors (Lipinski definition) is 3. The van der Waals surface area contributed by atoms with E-state index in [4.69, 9.17) is 5.11 Å². The van der Waals surface area contributed by atoms with Crippen molar-refractivity contribution in [3.63, 3.8) is 0 Å². The Balaban J connectivity index is 1.58. The first-order valence-electron chi connectivity index (χ1n) is 9.33. The average molecular weight is 408 g/mol. The number of carbonyl (C=O) groups excluding carboxylic acids is 1. The Labute approximate surface area is 171 Å². The van der Waals surface area contributed by atoms with Crippen molar-refractivity contribution < 1.29 is 19.8 Å². The van der Waals surface area contributed by atoms with Gasteiger partial charge in [-0.25, -0.2) is 9.78 Å². The van der Waals surface area contributed by atoms with Gasteiger partial charge in [0.05, 0.1) is 17.1 Å². The molecule has 1 aliphatic rings. The first kappa shape index (κ1) is 19.1. The van der Waals surface area contributed by atoms with Crippen LogP contribution in [-0.2, 0) is 11.3 Å². The molecule has 148 valence electrons. The fourth-order valence-electron chi connectivity index (χ4n) is 3.18. The summed E-state index contributed by atoms with van der Waals surface area (Å²) in [6, 6.07) is 12.3. The minimum absolute atomic E-state index is 0.103. The van der Waals surface area contributed by atoms with Gasteiger partial charge in [0.2, 0.25) is 5.91 Å². The molecule has 3 N–H and O–H groups in total. The molecule has 1 amide bonds. The molecule has 0 unspecified atom stereocenters. The molecule has 1 heterocycles. The number of carbonyl (C=O) groups is 2. The molecule has 1 aliphatic carbocycles. The van der Waals surface area contributed by atoms with Gasteiger partial charge in [0, 0.05) is 5.92 Å². The summed E-state index contributed by atoms with van der Waals surface area (Å²) >= 11 is 1.55. The SMILES string of the molecule is Cc1nc(CNC(=O)C2CC2)sc1-c1cccc(-c2ccc(C(=O)O)c(O)c2)c1. The minimum Gasteiger partial charge on any atom is -0.507 e. The third-order valence-corrected chi connectivity index (χ3v) is 6.10. The zero-order chi connectivity index (χ0) is 20.5. The summed E-state index contributed by atoms with van der Waals surface area (Å²) in [4.78, 5) is 28.5. The van der Waals surface area contributed by atoms with Crippen molar-refractivity contribution in [2.24, 2.45) is 5.92 Å². The topological polar surface area (TPSA) is 99.5 Å². The predicted octanol–water partition coefficient (Wildman–Crippen LogP) is 4.22. The molecular weight excluding hydrogens is 388 g/mol. The average Bonchev–Trinajstić information content (AvgIpc) is 3.48. The number of aromatic carboxylic acids is 1. The molecule has 0 radical (unpaired) electrons. The van der Waals surface area contributed by atoms with E-state index in [-0.39, 0.29) is 23.1 Å². The number of nitrogens with one attached hydrogen (secondary N) is 1. The Morgan fingerprint density at radius 1 is 1.14 bits per heavy atom. The van der Waals surface area contributed by atoms with E-state index in [1.54, 1.807) is 17.4 Å². The van der Waals surface area contributed by atoms with E-state index in [9.17, 15) is 14.7 Å². The maximum Gasteiger partial charge on any atom is 0.339 e. The molecule has 0 atom stereocenters. The molecule has 0 aliphatic heterocycles. The van der Waals surface area contributed by atoms with Gasteiger partial charge in [-0.15, -0.1) is 11.3 Å². The molecule has 29 heavy (non-hydrogen) atoms. The first-order valence-corrected chi connectivity index (χ1v) is 10.1. The Morgan fingerprint density at radius 2 is 1.86 bits per heavy atom. The van der Waals surface area contributed by atoms with Crippen LogP contribution < -0.4 is 5.32 Å². The van der Waals surface area contributed by atoms with Gasteiger partial charge in [0.1, 0.15) is 16.3 Å². The normalized spacial score (nSPS) is 13.3. The second-order valence-electron chi connectivity index (χ2n) is 7.13. The highest BCUT2D eigenvalue weighted by molar-refractivity contribution is 7.15. The third-order valence-electron chi connectivity index (χ3n) is 4.89. The number of aryl methyl sites for hydroxylation is 1. The lowest BCUT2D eigenvalue weighted by Gasteiger charge is -2.07. The van der Waals surface area contributed by atoms with E-state index in [0.717, 1.165) is 45.1 Å². The Morgan fingerprint density at radius 3 is 2.55 bits per heavy atom. The first-order chi connectivity index (χ1) is 13.9. The second-order valence-corrected chi connectivity index (χ2v) is 8.22. The van der Waals surface area contributed by atoms with Crippen molar-refractivity contribution >= 4 is 23.2 Å². The van der Waals surface area contributed by atoms with Crippen LogP contribution in [0.5, 0.6) is 5.75 Å². The Kier molecular flexibility index (Phi) is 5.07. The summed E-state index contributed by atoms with van der Waals surface area (Å²) < 4.78 is 0. The number of rotatable bonds is 6. The van der Waals surface area contributed by atoms with E-state index in [1.165, 1.54) is 12.1 Å². The molecule has 1 fully saturated rings. The van der Waals surface area contributed by atoms with Crippen LogP contribution in [-0.4, -0.2) is 27.1 Å². The standard InChI is InChI=1S/C22H20N2O4S/c1-12-20(29-19(24-12)11-23-21(26)13-5-6-13)16-4-2-3-14(9-16)15-7-8-17(22(27)28)18(25)10-15/h2-4,7-10,13,25H,5-6,11H2,1H3,(H,23,26)(H,27,28). The van der Waals surface area contributed by atoms with Gasteiger partial charge < -0.3 is 15.5 Å². The number of aromatic hydroxyl groups is 1. The summed E-state index contributed by atoms with van der Waals surface area (Å²) in [5.74, 6) is -1.14. The highest BCUT2D eigenvalue weighted by atomic mass is 32.1. The summed E-state index contributed by atoms with van der Waals surface area (Å²) in [6.07, 6.45) is 1.95. The highest BCUT2D eigenvalue weighted by Gasteiger charge is 2.29. The number of phenols is 1. The predicted molar refractivity (Wildman–Crippen MR) is 111 cm³/mol. The molecule has 2 aromatic carbocycles. The molecule has 3 aromatic rings. The Hall–Kier alpha value is -3.19. The van der Waals surface area contributed by atoms with Crippen molar-refractivity contribution in [3.05, 3.63) is 58.7 Å². The van der Waals surface area contributed by atoms with Crippen LogP contribution in [0.25, 0.3) is 21.6 Å². The Bertz CT molecular complexity index is 1100. The van der Waals surface area contributed by atoms with Crippen LogP contribution in [0, 0.1) is 12.8 Å². The molecule has 1 saturated carbocycles. The summed E-state index contributed by atoms with van der Waals surface area (Å²) in [6.45, 7) is 2.38. The maximum atomic E-state index is 11.8. The minimum atomic E-state index is -1.16. The van der Waals surface area contributed by atoms with Gasteiger partial charge >= 0.3 is 5.97 Å². The fraction of sp³-hybridized carbons (Fsp3) is 0.227. The number of amides is 1. The number of carboxylic acids is 1. The number of hydrogen-bond acceptors (Lipinski definition) is 5. The van der Waals surface area contributed by atoms with Crippen molar-refractivity contribution in [3.8, 4) is 27.3 Å². The van der Waals surface area contributed by atoms with E-state index in [1.807, 2.05) is 31.2 Å². The van der Waals surface area contributed by atoms with Crippen molar-refractivity contribution in [1.29, 1.82) is 0 Å². The molecular formula is C22H20N2O4S. The van der Waals surface area contributed by atoms with Crippen LogP contribution in [0.1, 0.15) is 33.9 Å². The molecule has 0 spiro atoms. The van der Waals surface area contributed by atoms with Gasteiger partial charge in [0.15, 0.2) is 0 Å². The smallest absolute Gasteiger partial charge is 0.339 e. The van der Waals surface area contributed by atoms with Crippen molar-refractivity contribution in [1.82, 2.24) is 10.3 Å². The van der Waals surface area contributed by atoms with Gasteiger partial charge in [-0.2, -0.15) is 0 Å². The van der Waals surface area contributed by atoms with Crippen molar-refractivity contribution in [2.75, 3.05) is 0 Å². The van der Waals surface area contributed by atoms with Gasteiger partial charge in [-0.05, 0) is 54.7 Å². The van der Waals surface area contributed by atoms with Crippen LogP contribution >= 0.6 is 11.3 Å². The number of nitrogens with zero attached hydrogens (tertiary/aromatic N) is 1. The number of aromatic nitrogens is 1. The van der Waals surface area contributed by atoms with Crippen LogP contribution in [0.4, 0.5) is 0 Å². The van der Waals surface area contributed by atoms with Gasteiger partial charge in [-0.1, -0.05) is 24.3 Å². The van der Waals surface area contributed by atoms with Crippen LogP contribution in [0.2, 0.25) is 0 Å². The zero-order valence-corrected chi connectivity index (χ0v) is 16.6. The zero-order valence-electron chi connectivity index (χ0n) is 15.8. The lowest BCUT2D eigenvalue weighted by atomic mass is 10.0. The number of benzene rings is 2. The molecule has 1 aromatic heterocycles. The fourth-order valence-corrected chi connectivity index (χ4v) is 4.18. The number of thiazole rings is 1. The molecule has 0 saturated heterocycles.